The predicted octanol–water partition coefficient (Wildman–Crippen LogP) is 7.17. The Bertz CT molecular complexity index is 1240. The number of phenols is 1. The number of ether oxygens (including phenoxy) is 1. The molecule has 0 atom stereocenters. The van der Waals surface area contributed by atoms with Crippen LogP contribution in [0.5, 0.6) is 11.5 Å². The summed E-state index contributed by atoms with van der Waals surface area (Å²) in [7, 11) is 1.43. The molecule has 0 spiro atoms. The molecular formula is C23H15Cl3N2O3S. The second-order valence-electron chi connectivity index (χ2n) is 6.65. The Labute approximate surface area is 203 Å². The van der Waals surface area contributed by atoms with Gasteiger partial charge in [-0.25, -0.2) is 4.99 Å². The van der Waals surface area contributed by atoms with Gasteiger partial charge in [0.15, 0.2) is 16.7 Å². The maximum absolute atomic E-state index is 13.3. The molecule has 1 aliphatic rings. The van der Waals surface area contributed by atoms with Crippen LogP contribution in [0.15, 0.2) is 70.6 Å². The third-order valence-corrected chi connectivity index (χ3v) is 6.27. The molecule has 5 nitrogen and oxygen atoms in total. The van der Waals surface area contributed by atoms with Crippen molar-refractivity contribution in [2.75, 3.05) is 12.0 Å². The van der Waals surface area contributed by atoms with Crippen LogP contribution in [0.25, 0.3) is 6.08 Å². The largest absolute Gasteiger partial charge is 0.503 e. The van der Waals surface area contributed by atoms with Crippen LogP contribution in [0.1, 0.15) is 5.56 Å². The Morgan fingerprint density at radius 3 is 2.25 bits per heavy atom. The highest BCUT2D eigenvalue weighted by molar-refractivity contribution is 8.19. The van der Waals surface area contributed by atoms with Gasteiger partial charge in [0.1, 0.15) is 0 Å². The van der Waals surface area contributed by atoms with E-state index >= 15 is 0 Å². The Kier molecular flexibility index (Phi) is 6.67. The van der Waals surface area contributed by atoms with Gasteiger partial charge in [-0.2, -0.15) is 0 Å². The number of hydrogen-bond donors (Lipinski definition) is 1. The summed E-state index contributed by atoms with van der Waals surface area (Å²) in [6.45, 7) is 0. The number of methoxy groups -OCH3 is 1. The fourth-order valence-electron chi connectivity index (χ4n) is 2.98. The highest BCUT2D eigenvalue weighted by atomic mass is 35.5. The van der Waals surface area contributed by atoms with E-state index in [2.05, 4.69) is 4.99 Å². The van der Waals surface area contributed by atoms with Gasteiger partial charge in [-0.05, 0) is 84.1 Å². The van der Waals surface area contributed by atoms with Gasteiger partial charge >= 0.3 is 0 Å². The van der Waals surface area contributed by atoms with Crippen LogP contribution in [-0.2, 0) is 4.79 Å². The zero-order valence-corrected chi connectivity index (χ0v) is 19.6. The number of aromatic hydroxyl groups is 1. The molecule has 9 heteroatoms. The van der Waals surface area contributed by atoms with Crippen molar-refractivity contribution in [3.63, 3.8) is 0 Å². The summed E-state index contributed by atoms with van der Waals surface area (Å²) in [5.74, 6) is -0.202. The molecule has 32 heavy (non-hydrogen) atoms. The molecule has 1 fully saturated rings. The van der Waals surface area contributed by atoms with Crippen LogP contribution in [0.4, 0.5) is 11.4 Å². The molecule has 0 unspecified atom stereocenters. The second kappa shape index (κ2) is 9.46. The summed E-state index contributed by atoms with van der Waals surface area (Å²) < 4.78 is 5.16. The summed E-state index contributed by atoms with van der Waals surface area (Å²) in [5, 5.41) is 11.7. The van der Waals surface area contributed by atoms with Crippen LogP contribution in [0, 0.1) is 0 Å². The number of carbonyl (C=O) groups excluding carboxylic acids is 1. The smallest absolute Gasteiger partial charge is 0.271 e. The van der Waals surface area contributed by atoms with Gasteiger partial charge in [0.25, 0.3) is 5.91 Å². The number of rotatable bonds is 4. The first-order valence-corrected chi connectivity index (χ1v) is 11.2. The molecule has 1 aliphatic heterocycles. The topological polar surface area (TPSA) is 62.1 Å². The zero-order valence-electron chi connectivity index (χ0n) is 16.6. The van der Waals surface area contributed by atoms with Crippen molar-refractivity contribution in [3.05, 3.63) is 86.2 Å². The van der Waals surface area contributed by atoms with E-state index in [9.17, 15) is 9.90 Å². The van der Waals surface area contributed by atoms with Gasteiger partial charge in [-0.1, -0.05) is 34.8 Å². The minimum absolute atomic E-state index is 0.122. The molecule has 0 aromatic heterocycles. The second-order valence-corrected chi connectivity index (χ2v) is 8.94. The molecular weight excluding hydrogens is 491 g/mol. The van der Waals surface area contributed by atoms with E-state index in [4.69, 9.17) is 39.5 Å². The molecule has 4 rings (SSSR count). The van der Waals surface area contributed by atoms with E-state index in [0.717, 1.165) is 0 Å². The molecule has 0 bridgehead atoms. The molecule has 1 heterocycles. The number of amides is 1. The summed E-state index contributed by atoms with van der Waals surface area (Å²) in [6.07, 6.45) is 1.67. The van der Waals surface area contributed by atoms with E-state index in [1.54, 1.807) is 66.7 Å². The van der Waals surface area contributed by atoms with Crippen molar-refractivity contribution in [2.45, 2.75) is 0 Å². The lowest BCUT2D eigenvalue weighted by Crippen LogP contribution is -2.28. The molecule has 0 aliphatic carbocycles. The number of carbonyl (C=O) groups is 1. The number of anilines is 1. The zero-order chi connectivity index (χ0) is 22.8. The fraction of sp³-hybridized carbons (Fsp3) is 0.0435. The first-order valence-electron chi connectivity index (χ1n) is 9.26. The summed E-state index contributed by atoms with van der Waals surface area (Å²) in [6, 6.07) is 17.1. The van der Waals surface area contributed by atoms with Gasteiger partial charge in [0, 0.05) is 10.0 Å². The third-order valence-electron chi connectivity index (χ3n) is 4.51. The van der Waals surface area contributed by atoms with Gasteiger partial charge in [-0.15, -0.1) is 0 Å². The molecule has 0 radical (unpaired) electrons. The van der Waals surface area contributed by atoms with Crippen LogP contribution in [-0.4, -0.2) is 23.3 Å². The first-order chi connectivity index (χ1) is 15.4. The molecule has 3 aromatic rings. The van der Waals surface area contributed by atoms with Crippen molar-refractivity contribution < 1.29 is 14.6 Å². The number of hydrogen-bond acceptors (Lipinski definition) is 5. The summed E-state index contributed by atoms with van der Waals surface area (Å²) >= 11 is 19.3. The fourth-order valence-corrected chi connectivity index (χ4v) is 4.45. The maximum atomic E-state index is 13.3. The van der Waals surface area contributed by atoms with E-state index in [-0.39, 0.29) is 22.4 Å². The van der Waals surface area contributed by atoms with Crippen LogP contribution < -0.4 is 9.64 Å². The number of benzene rings is 3. The molecule has 1 saturated heterocycles. The standard InChI is InChI=1S/C23H15Cl3N2O3S/c1-31-19-11-13(10-18(26)21(19)29)12-20-22(30)28(17-8-4-15(25)5-9-17)23(32-20)27-16-6-2-14(24)3-7-16/h2-12,29H,1H3/b20-12-,27-23?. The SMILES string of the molecule is COc1cc(/C=C2\SC(=Nc3ccc(Cl)cc3)N(c3ccc(Cl)cc3)C2=O)cc(Cl)c1O. The lowest BCUT2D eigenvalue weighted by atomic mass is 10.1. The summed E-state index contributed by atoms with van der Waals surface area (Å²) in [5.41, 5.74) is 1.88. The summed E-state index contributed by atoms with van der Waals surface area (Å²) in [4.78, 5) is 19.9. The molecule has 162 valence electrons. The van der Waals surface area contributed by atoms with Crippen LogP contribution in [0.3, 0.4) is 0 Å². The lowest BCUT2D eigenvalue weighted by molar-refractivity contribution is -0.113. The van der Waals surface area contributed by atoms with Crippen LogP contribution >= 0.6 is 46.6 Å². The number of thioether (sulfide) groups is 1. The molecule has 3 aromatic carbocycles. The number of aliphatic imine (C=N–C) groups is 1. The van der Waals surface area contributed by atoms with Gasteiger partial charge in [0.05, 0.1) is 28.4 Å². The first kappa shape index (κ1) is 22.6. The Hall–Kier alpha value is -2.64. The predicted molar refractivity (Wildman–Crippen MR) is 133 cm³/mol. The monoisotopic (exact) mass is 504 g/mol. The molecule has 1 amide bonds. The quantitative estimate of drug-likeness (QED) is 0.382. The number of nitrogens with zero attached hydrogens (tertiary/aromatic N) is 2. The van der Waals surface area contributed by atoms with Crippen molar-refractivity contribution in [2.24, 2.45) is 4.99 Å². The normalized spacial score (nSPS) is 16.2. The maximum Gasteiger partial charge on any atom is 0.271 e. The van der Waals surface area contributed by atoms with Crippen molar-refractivity contribution in [1.29, 1.82) is 0 Å². The third kappa shape index (κ3) is 4.74. The average Bonchev–Trinajstić information content (AvgIpc) is 3.07. The van der Waals surface area contributed by atoms with E-state index in [1.807, 2.05) is 0 Å². The Balaban J connectivity index is 1.78. The number of phenolic OH excluding ortho intramolecular Hbond substituents is 1. The van der Waals surface area contributed by atoms with E-state index < -0.39 is 0 Å². The van der Waals surface area contributed by atoms with Crippen molar-refractivity contribution >= 4 is 75.1 Å². The average molecular weight is 506 g/mol. The van der Waals surface area contributed by atoms with Crippen molar-refractivity contribution in [3.8, 4) is 11.5 Å². The number of amidine groups is 1. The Morgan fingerprint density at radius 2 is 1.62 bits per heavy atom. The van der Waals surface area contributed by atoms with E-state index in [1.165, 1.54) is 23.8 Å². The van der Waals surface area contributed by atoms with Crippen LogP contribution in [0.2, 0.25) is 15.1 Å². The minimum Gasteiger partial charge on any atom is -0.503 e. The minimum atomic E-state index is -0.256. The molecule has 1 N–H and O–H groups in total. The van der Waals surface area contributed by atoms with Gasteiger partial charge < -0.3 is 9.84 Å². The molecule has 0 saturated carbocycles. The van der Waals surface area contributed by atoms with E-state index in [0.29, 0.717) is 37.1 Å². The van der Waals surface area contributed by atoms with Crippen molar-refractivity contribution in [1.82, 2.24) is 0 Å². The van der Waals surface area contributed by atoms with Gasteiger partial charge in [-0.3, -0.25) is 9.69 Å². The highest BCUT2D eigenvalue weighted by Crippen LogP contribution is 2.40. The highest BCUT2D eigenvalue weighted by Gasteiger charge is 2.35. The number of halogens is 3. The van der Waals surface area contributed by atoms with Gasteiger partial charge in [0.2, 0.25) is 0 Å². The lowest BCUT2D eigenvalue weighted by Gasteiger charge is -2.15. The Morgan fingerprint density at radius 1 is 1.00 bits per heavy atom.